The van der Waals surface area contributed by atoms with E-state index < -0.39 is 0 Å². The maximum atomic E-state index is 6.11. The molecule has 1 saturated heterocycles. The second-order valence-corrected chi connectivity index (χ2v) is 5.22. The molecule has 0 aromatic carbocycles. The van der Waals surface area contributed by atoms with Gasteiger partial charge in [-0.25, -0.2) is 4.98 Å². The number of rotatable bonds is 3. The number of alkyl halides is 1. The van der Waals surface area contributed by atoms with Gasteiger partial charge < -0.3 is 9.30 Å². The highest BCUT2D eigenvalue weighted by atomic mass is 35.5. The van der Waals surface area contributed by atoms with Crippen molar-refractivity contribution in [2.24, 2.45) is 5.92 Å². The Morgan fingerprint density at radius 3 is 3.06 bits per heavy atom. The second-order valence-electron chi connectivity index (χ2n) is 4.95. The molecule has 1 aliphatic heterocycles. The molecule has 0 bridgehead atoms. The number of hydrogen-bond donors (Lipinski definition) is 0. The fourth-order valence-electron chi connectivity index (χ4n) is 2.77. The van der Waals surface area contributed by atoms with E-state index in [1.165, 1.54) is 12.8 Å². The van der Waals surface area contributed by atoms with Gasteiger partial charge in [0, 0.05) is 19.3 Å². The van der Waals surface area contributed by atoms with Crippen molar-refractivity contribution in [1.29, 1.82) is 0 Å². The average Bonchev–Trinajstić information content (AvgIpc) is 3.02. The van der Waals surface area contributed by atoms with Gasteiger partial charge >= 0.3 is 0 Å². The summed E-state index contributed by atoms with van der Waals surface area (Å²) in [4.78, 5) is 7.13. The third kappa shape index (κ3) is 1.87. The van der Waals surface area contributed by atoms with E-state index >= 15 is 0 Å². The summed E-state index contributed by atoms with van der Waals surface area (Å²) in [6.07, 6.45) is 4.56. The van der Waals surface area contributed by atoms with Crippen LogP contribution in [0, 0.1) is 5.92 Å². The highest BCUT2D eigenvalue weighted by molar-refractivity contribution is 6.17. The first-order chi connectivity index (χ1) is 8.83. The Bertz CT molecular complexity index is 549. The molecule has 0 spiro atoms. The quantitative estimate of drug-likeness (QED) is 0.792. The van der Waals surface area contributed by atoms with Crippen molar-refractivity contribution in [1.82, 2.24) is 9.38 Å². The summed E-state index contributed by atoms with van der Waals surface area (Å²) in [5.41, 5.74) is 2.10. The normalized spacial score (nSPS) is 19.9. The molecule has 0 radical (unpaired) electrons. The Morgan fingerprint density at radius 1 is 1.44 bits per heavy atom. The molecule has 0 amide bonds. The molecule has 2 aromatic rings. The van der Waals surface area contributed by atoms with E-state index in [4.69, 9.17) is 16.6 Å². The number of nitrogens with zero attached hydrogens (tertiary/aromatic N) is 3. The third-order valence-electron chi connectivity index (χ3n) is 3.90. The standard InChI is InChI=1S/C14H18ClN3/c1-2-11-6-8-17(10-11)14-12(9-15)18-7-4-3-5-13(18)16-14/h3-5,7,11H,2,6,8-10H2,1H3. The summed E-state index contributed by atoms with van der Waals surface area (Å²) in [5.74, 6) is 2.39. The van der Waals surface area contributed by atoms with Gasteiger partial charge in [0.15, 0.2) is 5.82 Å². The molecule has 0 aliphatic carbocycles. The molecular formula is C14H18ClN3. The molecule has 0 saturated carbocycles. The first-order valence-corrected chi connectivity index (χ1v) is 7.13. The van der Waals surface area contributed by atoms with Crippen molar-refractivity contribution in [2.45, 2.75) is 25.6 Å². The average molecular weight is 264 g/mol. The largest absolute Gasteiger partial charge is 0.355 e. The van der Waals surface area contributed by atoms with E-state index in [0.717, 1.165) is 36.2 Å². The number of aromatic nitrogens is 2. The van der Waals surface area contributed by atoms with E-state index in [0.29, 0.717) is 5.88 Å². The van der Waals surface area contributed by atoms with Crippen molar-refractivity contribution >= 4 is 23.1 Å². The van der Waals surface area contributed by atoms with Crippen LogP contribution in [-0.2, 0) is 5.88 Å². The van der Waals surface area contributed by atoms with Crippen LogP contribution >= 0.6 is 11.6 Å². The Kier molecular flexibility index (Phi) is 3.16. The lowest BCUT2D eigenvalue weighted by atomic mass is 10.1. The van der Waals surface area contributed by atoms with Crippen molar-refractivity contribution in [3.05, 3.63) is 30.1 Å². The zero-order valence-corrected chi connectivity index (χ0v) is 11.4. The zero-order chi connectivity index (χ0) is 12.5. The number of fused-ring (bicyclic) bond motifs is 1. The summed E-state index contributed by atoms with van der Waals surface area (Å²) >= 11 is 6.11. The van der Waals surface area contributed by atoms with E-state index in [-0.39, 0.29) is 0 Å². The van der Waals surface area contributed by atoms with Crippen LogP contribution in [0.1, 0.15) is 25.5 Å². The smallest absolute Gasteiger partial charge is 0.152 e. The lowest BCUT2D eigenvalue weighted by Gasteiger charge is -2.16. The van der Waals surface area contributed by atoms with Crippen LogP contribution in [0.25, 0.3) is 5.65 Å². The van der Waals surface area contributed by atoms with E-state index in [9.17, 15) is 0 Å². The number of pyridine rings is 1. The molecule has 0 N–H and O–H groups in total. The number of hydrogen-bond acceptors (Lipinski definition) is 2. The predicted octanol–water partition coefficient (Wildman–Crippen LogP) is 3.31. The van der Waals surface area contributed by atoms with Gasteiger partial charge in [0.25, 0.3) is 0 Å². The van der Waals surface area contributed by atoms with Gasteiger partial charge in [0.05, 0.1) is 11.6 Å². The topological polar surface area (TPSA) is 20.5 Å². The zero-order valence-electron chi connectivity index (χ0n) is 10.6. The van der Waals surface area contributed by atoms with Gasteiger partial charge in [-0.3, -0.25) is 0 Å². The van der Waals surface area contributed by atoms with Crippen molar-refractivity contribution in [2.75, 3.05) is 18.0 Å². The van der Waals surface area contributed by atoms with Crippen LogP contribution in [0.2, 0.25) is 0 Å². The molecule has 18 heavy (non-hydrogen) atoms. The first kappa shape index (κ1) is 11.8. The molecule has 2 aromatic heterocycles. The summed E-state index contributed by atoms with van der Waals surface area (Å²) in [5, 5.41) is 0. The van der Waals surface area contributed by atoms with E-state index in [1.54, 1.807) is 0 Å². The van der Waals surface area contributed by atoms with Crippen LogP contribution in [0.15, 0.2) is 24.4 Å². The predicted molar refractivity (Wildman–Crippen MR) is 75.4 cm³/mol. The molecule has 1 atom stereocenters. The molecule has 1 aliphatic rings. The molecule has 1 unspecified atom stereocenters. The highest BCUT2D eigenvalue weighted by Gasteiger charge is 2.25. The summed E-state index contributed by atoms with van der Waals surface area (Å²) in [6, 6.07) is 6.07. The fraction of sp³-hybridized carbons (Fsp3) is 0.500. The fourth-order valence-corrected chi connectivity index (χ4v) is 3.02. The Balaban J connectivity index is 2.01. The number of imidazole rings is 1. The summed E-state index contributed by atoms with van der Waals surface area (Å²) < 4.78 is 2.10. The van der Waals surface area contributed by atoms with Crippen LogP contribution in [0.4, 0.5) is 5.82 Å². The van der Waals surface area contributed by atoms with Crippen molar-refractivity contribution in [3.8, 4) is 0 Å². The Morgan fingerprint density at radius 2 is 2.33 bits per heavy atom. The van der Waals surface area contributed by atoms with E-state index in [1.807, 2.05) is 24.4 Å². The van der Waals surface area contributed by atoms with Crippen LogP contribution in [0.5, 0.6) is 0 Å². The minimum Gasteiger partial charge on any atom is -0.355 e. The van der Waals surface area contributed by atoms with Crippen LogP contribution in [-0.4, -0.2) is 22.5 Å². The third-order valence-corrected chi connectivity index (χ3v) is 4.15. The molecule has 3 rings (SSSR count). The molecule has 4 heteroatoms. The number of anilines is 1. The minimum absolute atomic E-state index is 0.508. The Hall–Kier alpha value is -1.22. The Labute approximate surface area is 112 Å². The maximum absolute atomic E-state index is 6.11. The van der Waals surface area contributed by atoms with Crippen LogP contribution in [0.3, 0.4) is 0 Å². The molecule has 3 heterocycles. The molecule has 3 nitrogen and oxygen atoms in total. The lowest BCUT2D eigenvalue weighted by molar-refractivity contribution is 0.568. The van der Waals surface area contributed by atoms with Gasteiger partial charge in [0.1, 0.15) is 5.65 Å². The van der Waals surface area contributed by atoms with Crippen molar-refractivity contribution < 1.29 is 0 Å². The van der Waals surface area contributed by atoms with Crippen LogP contribution < -0.4 is 4.90 Å². The number of halogens is 1. The molecule has 96 valence electrons. The van der Waals surface area contributed by atoms with Gasteiger partial charge in [-0.2, -0.15) is 0 Å². The van der Waals surface area contributed by atoms with Crippen molar-refractivity contribution in [3.63, 3.8) is 0 Å². The van der Waals surface area contributed by atoms with E-state index in [2.05, 4.69) is 16.2 Å². The highest BCUT2D eigenvalue weighted by Crippen LogP contribution is 2.29. The minimum atomic E-state index is 0.508. The van der Waals surface area contributed by atoms with Gasteiger partial charge in [-0.15, -0.1) is 11.6 Å². The monoisotopic (exact) mass is 263 g/mol. The second kappa shape index (κ2) is 4.81. The molecule has 1 fully saturated rings. The SMILES string of the molecule is CCC1CCN(c2nc3ccccn3c2CCl)C1. The lowest BCUT2D eigenvalue weighted by Crippen LogP contribution is -2.21. The first-order valence-electron chi connectivity index (χ1n) is 6.60. The maximum Gasteiger partial charge on any atom is 0.152 e. The molecular weight excluding hydrogens is 246 g/mol. The van der Waals surface area contributed by atoms with Gasteiger partial charge in [-0.1, -0.05) is 19.4 Å². The summed E-state index contributed by atoms with van der Waals surface area (Å²) in [7, 11) is 0. The summed E-state index contributed by atoms with van der Waals surface area (Å²) in [6.45, 7) is 4.48. The van der Waals surface area contributed by atoms with Gasteiger partial charge in [0.2, 0.25) is 0 Å². The van der Waals surface area contributed by atoms with Gasteiger partial charge in [-0.05, 0) is 24.5 Å².